The summed E-state index contributed by atoms with van der Waals surface area (Å²) in [5.74, 6) is 0.565. The quantitative estimate of drug-likeness (QED) is 0.844. The number of rotatable bonds is 5. The third-order valence-corrected chi connectivity index (χ3v) is 3.40. The molecule has 0 spiro atoms. The third kappa shape index (κ3) is 4.02. The Balaban J connectivity index is 2.04. The van der Waals surface area contributed by atoms with Gasteiger partial charge in [0.05, 0.1) is 25.1 Å². The molecule has 0 aliphatic carbocycles. The maximum absolute atomic E-state index is 10.6. The minimum Gasteiger partial charge on any atom is -0.490 e. The monoisotopic (exact) mass is 299 g/mol. The van der Waals surface area contributed by atoms with Crippen LogP contribution in [0.2, 0.25) is 0 Å². The number of benzene rings is 1. The van der Waals surface area contributed by atoms with Crippen LogP contribution < -0.4 is 9.47 Å². The lowest BCUT2D eigenvalue weighted by Gasteiger charge is -2.19. The molecule has 1 aliphatic rings. The van der Waals surface area contributed by atoms with E-state index >= 15 is 0 Å². The van der Waals surface area contributed by atoms with E-state index in [2.05, 4.69) is 0 Å². The van der Waals surface area contributed by atoms with E-state index in [0.717, 1.165) is 17.7 Å². The number of likely N-dealkylation sites (N-methyl/N-ethyl adjacent to an activating group) is 1. The van der Waals surface area contributed by atoms with Crippen LogP contribution >= 0.6 is 11.6 Å². The topological polar surface area (TPSA) is 59.0 Å². The highest BCUT2D eigenvalue weighted by Crippen LogP contribution is 2.34. The smallest absolute Gasteiger partial charge is 0.317 e. The van der Waals surface area contributed by atoms with Crippen LogP contribution in [0.25, 0.3) is 0 Å². The first-order chi connectivity index (χ1) is 9.56. The van der Waals surface area contributed by atoms with Gasteiger partial charge in [-0.05, 0) is 24.7 Å². The Hall–Kier alpha value is -1.46. The van der Waals surface area contributed by atoms with Gasteiger partial charge in [-0.3, -0.25) is 9.69 Å². The number of ether oxygens (including phenoxy) is 2. The van der Waals surface area contributed by atoms with Crippen LogP contribution in [-0.4, -0.2) is 49.3 Å². The van der Waals surface area contributed by atoms with Gasteiger partial charge in [0.1, 0.15) is 0 Å². The molecule has 0 saturated heterocycles. The van der Waals surface area contributed by atoms with Crippen molar-refractivity contribution in [3.05, 3.63) is 23.8 Å². The van der Waals surface area contributed by atoms with Crippen molar-refractivity contribution in [1.29, 1.82) is 0 Å². The molecular formula is C14H18ClNO4. The molecule has 1 N–H and O–H groups in total. The number of hydrogen-bond donors (Lipinski definition) is 1. The van der Waals surface area contributed by atoms with Crippen molar-refractivity contribution >= 4 is 17.6 Å². The minimum absolute atomic E-state index is 0.0340. The number of carbonyl (C=O) groups is 1. The molecule has 5 nitrogen and oxygen atoms in total. The molecule has 0 fully saturated rings. The van der Waals surface area contributed by atoms with Gasteiger partial charge in [-0.25, -0.2) is 0 Å². The van der Waals surface area contributed by atoms with E-state index < -0.39 is 5.97 Å². The van der Waals surface area contributed by atoms with Crippen LogP contribution in [-0.2, 0) is 4.79 Å². The molecule has 1 aromatic rings. The van der Waals surface area contributed by atoms with Gasteiger partial charge in [0, 0.05) is 13.0 Å². The second-order valence-electron chi connectivity index (χ2n) is 4.81. The van der Waals surface area contributed by atoms with E-state index in [0.29, 0.717) is 25.5 Å². The number of fused-ring (bicyclic) bond motifs is 1. The van der Waals surface area contributed by atoms with Crippen molar-refractivity contribution in [2.45, 2.75) is 11.8 Å². The molecule has 6 heteroatoms. The summed E-state index contributed by atoms with van der Waals surface area (Å²) in [5, 5.41) is 8.44. The minimum atomic E-state index is -0.866. The van der Waals surface area contributed by atoms with Crippen LogP contribution in [0, 0.1) is 0 Å². The molecule has 1 unspecified atom stereocenters. The van der Waals surface area contributed by atoms with Gasteiger partial charge < -0.3 is 14.6 Å². The van der Waals surface area contributed by atoms with Crippen molar-refractivity contribution in [2.24, 2.45) is 0 Å². The Morgan fingerprint density at radius 1 is 1.40 bits per heavy atom. The van der Waals surface area contributed by atoms with E-state index in [9.17, 15) is 4.79 Å². The van der Waals surface area contributed by atoms with Crippen molar-refractivity contribution in [1.82, 2.24) is 4.90 Å². The zero-order valence-corrected chi connectivity index (χ0v) is 12.1. The molecule has 1 heterocycles. The highest BCUT2D eigenvalue weighted by atomic mass is 35.5. The van der Waals surface area contributed by atoms with E-state index in [-0.39, 0.29) is 11.9 Å². The summed E-state index contributed by atoms with van der Waals surface area (Å²) in [7, 11) is 1.73. The lowest BCUT2D eigenvalue weighted by atomic mass is 10.1. The Morgan fingerprint density at radius 3 is 2.80 bits per heavy atom. The normalized spacial score (nSPS) is 15.8. The molecule has 2 rings (SSSR count). The second-order valence-corrected chi connectivity index (χ2v) is 5.34. The molecule has 0 saturated carbocycles. The van der Waals surface area contributed by atoms with Crippen molar-refractivity contribution in [2.75, 3.05) is 33.4 Å². The average Bonchev–Trinajstić information content (AvgIpc) is 2.61. The molecule has 0 bridgehead atoms. The van der Waals surface area contributed by atoms with E-state index in [1.54, 1.807) is 11.9 Å². The van der Waals surface area contributed by atoms with Gasteiger partial charge in [-0.1, -0.05) is 6.07 Å². The van der Waals surface area contributed by atoms with E-state index in [4.69, 9.17) is 26.2 Å². The third-order valence-electron chi connectivity index (χ3n) is 3.01. The summed E-state index contributed by atoms with van der Waals surface area (Å²) in [6.45, 7) is 1.70. The molecule has 0 radical (unpaired) electrons. The summed E-state index contributed by atoms with van der Waals surface area (Å²) < 4.78 is 11.2. The molecule has 20 heavy (non-hydrogen) atoms. The molecule has 1 atom stereocenters. The second kappa shape index (κ2) is 6.81. The summed E-state index contributed by atoms with van der Waals surface area (Å²) in [4.78, 5) is 12.3. The largest absolute Gasteiger partial charge is 0.490 e. The van der Waals surface area contributed by atoms with Gasteiger partial charge in [-0.2, -0.15) is 0 Å². The van der Waals surface area contributed by atoms with Gasteiger partial charge in [0.2, 0.25) is 0 Å². The van der Waals surface area contributed by atoms with Gasteiger partial charge in [0.25, 0.3) is 0 Å². The summed E-state index contributed by atoms with van der Waals surface area (Å²) >= 11 is 6.34. The van der Waals surface area contributed by atoms with Gasteiger partial charge in [0.15, 0.2) is 11.5 Å². The van der Waals surface area contributed by atoms with E-state index in [1.165, 1.54) is 0 Å². The van der Waals surface area contributed by atoms with Gasteiger partial charge >= 0.3 is 5.97 Å². The fourth-order valence-electron chi connectivity index (χ4n) is 2.05. The highest BCUT2D eigenvalue weighted by molar-refractivity contribution is 6.21. The number of hydrogen-bond acceptors (Lipinski definition) is 4. The van der Waals surface area contributed by atoms with Crippen LogP contribution in [0.1, 0.15) is 17.4 Å². The molecular weight excluding hydrogens is 282 g/mol. The predicted octanol–water partition coefficient (Wildman–Crippen LogP) is 2.14. The van der Waals surface area contributed by atoms with Crippen molar-refractivity contribution in [3.8, 4) is 11.5 Å². The maximum Gasteiger partial charge on any atom is 0.317 e. The summed E-state index contributed by atoms with van der Waals surface area (Å²) in [6, 6.07) is 5.61. The Bertz CT molecular complexity index is 480. The average molecular weight is 300 g/mol. The first-order valence-electron chi connectivity index (χ1n) is 6.50. The first-order valence-corrected chi connectivity index (χ1v) is 6.94. The lowest BCUT2D eigenvalue weighted by Crippen LogP contribution is -2.28. The number of aliphatic carboxylic acids is 1. The Kier molecular flexibility index (Phi) is 5.09. The fourth-order valence-corrected chi connectivity index (χ4v) is 2.42. The summed E-state index contributed by atoms with van der Waals surface area (Å²) in [5.41, 5.74) is 0.896. The van der Waals surface area contributed by atoms with Crippen LogP contribution in [0.5, 0.6) is 11.5 Å². The van der Waals surface area contributed by atoms with Crippen molar-refractivity contribution in [3.63, 3.8) is 0 Å². The highest BCUT2D eigenvalue weighted by Gasteiger charge is 2.17. The molecule has 110 valence electrons. The lowest BCUT2D eigenvalue weighted by molar-refractivity contribution is -0.137. The van der Waals surface area contributed by atoms with Crippen LogP contribution in [0.4, 0.5) is 0 Å². The number of nitrogens with zero attached hydrogens (tertiary/aromatic N) is 1. The number of alkyl halides is 1. The number of carboxylic acid groups (broad SMARTS) is 1. The first kappa shape index (κ1) is 14.9. The summed E-state index contributed by atoms with van der Waals surface area (Å²) in [6.07, 6.45) is 0.857. The zero-order valence-electron chi connectivity index (χ0n) is 11.3. The molecule has 0 amide bonds. The Morgan fingerprint density at radius 2 is 2.10 bits per heavy atom. The fraction of sp³-hybridized carbons (Fsp3) is 0.500. The predicted molar refractivity (Wildman–Crippen MR) is 75.8 cm³/mol. The zero-order chi connectivity index (χ0) is 14.5. The number of carboxylic acids is 1. The Labute approximate surface area is 123 Å². The molecule has 1 aliphatic heterocycles. The van der Waals surface area contributed by atoms with Crippen LogP contribution in [0.3, 0.4) is 0 Å². The van der Waals surface area contributed by atoms with E-state index in [1.807, 2.05) is 18.2 Å². The van der Waals surface area contributed by atoms with Crippen LogP contribution in [0.15, 0.2) is 18.2 Å². The molecule has 1 aromatic carbocycles. The van der Waals surface area contributed by atoms with Crippen molar-refractivity contribution < 1.29 is 19.4 Å². The van der Waals surface area contributed by atoms with Gasteiger partial charge in [-0.15, -0.1) is 11.6 Å². The number of halogens is 1. The standard InChI is InChI=1S/C14H18ClNO4/c1-16(9-14(17)18)8-11(15)10-3-4-12-13(7-10)20-6-2-5-19-12/h3-4,7,11H,2,5-6,8-9H2,1H3,(H,17,18). The maximum atomic E-state index is 10.6. The molecule has 0 aromatic heterocycles. The SMILES string of the molecule is CN(CC(=O)O)CC(Cl)c1ccc2c(c1)OCCCO2.